The Hall–Kier alpha value is -0.910. The summed E-state index contributed by atoms with van der Waals surface area (Å²) in [5.41, 5.74) is 2.95. The van der Waals surface area contributed by atoms with Gasteiger partial charge in [0.25, 0.3) is 0 Å². The standard InChI is InChI=1S/C20H34N4O/c1-16-11-19(22(2)21-16)13-23-9-7-20(8-10-23)15-24(18-5-4-6-18)12-17(20)14-25-3/h11,17-18H,4-10,12-15H2,1-3H3. The topological polar surface area (TPSA) is 33.5 Å². The van der Waals surface area contributed by atoms with Gasteiger partial charge in [0.1, 0.15) is 0 Å². The molecule has 1 aliphatic carbocycles. The maximum Gasteiger partial charge on any atom is 0.0597 e. The highest BCUT2D eigenvalue weighted by molar-refractivity contribution is 5.09. The lowest BCUT2D eigenvalue weighted by molar-refractivity contribution is 0.0330. The van der Waals surface area contributed by atoms with Gasteiger partial charge in [-0.1, -0.05) is 6.42 Å². The van der Waals surface area contributed by atoms with Gasteiger partial charge in [0.05, 0.1) is 18.0 Å². The Bertz CT molecular complexity index is 587. The number of piperidine rings is 1. The van der Waals surface area contributed by atoms with Crippen LogP contribution in [0.1, 0.15) is 43.5 Å². The fourth-order valence-electron chi connectivity index (χ4n) is 5.30. The Balaban J connectivity index is 1.39. The second-order valence-corrected chi connectivity index (χ2v) is 8.71. The van der Waals surface area contributed by atoms with Gasteiger partial charge in [0.2, 0.25) is 0 Å². The third kappa shape index (κ3) is 3.38. The minimum Gasteiger partial charge on any atom is -0.384 e. The monoisotopic (exact) mass is 346 g/mol. The van der Waals surface area contributed by atoms with Crippen LogP contribution in [0.2, 0.25) is 0 Å². The number of aryl methyl sites for hydroxylation is 2. The van der Waals surface area contributed by atoms with Crippen LogP contribution in [0.4, 0.5) is 0 Å². The van der Waals surface area contributed by atoms with E-state index in [0.717, 1.165) is 30.8 Å². The van der Waals surface area contributed by atoms with Crippen LogP contribution in [0.5, 0.6) is 0 Å². The van der Waals surface area contributed by atoms with Gasteiger partial charge in [-0.2, -0.15) is 5.10 Å². The molecule has 1 aromatic heterocycles. The molecule has 1 atom stereocenters. The molecule has 3 heterocycles. The molecule has 2 aliphatic heterocycles. The molecule has 0 amide bonds. The van der Waals surface area contributed by atoms with Gasteiger partial charge >= 0.3 is 0 Å². The van der Waals surface area contributed by atoms with Crippen molar-refractivity contribution in [1.82, 2.24) is 19.6 Å². The Kier molecular flexibility index (Phi) is 4.91. The summed E-state index contributed by atoms with van der Waals surface area (Å²) in [6.45, 7) is 9.05. The first kappa shape index (κ1) is 17.5. The molecule has 5 nitrogen and oxygen atoms in total. The van der Waals surface area contributed by atoms with Crippen molar-refractivity contribution in [2.24, 2.45) is 18.4 Å². The van der Waals surface area contributed by atoms with Crippen molar-refractivity contribution < 1.29 is 4.74 Å². The van der Waals surface area contributed by atoms with Crippen LogP contribution >= 0.6 is 0 Å². The maximum atomic E-state index is 5.62. The van der Waals surface area contributed by atoms with Crippen LogP contribution in [-0.4, -0.2) is 65.5 Å². The van der Waals surface area contributed by atoms with Crippen LogP contribution in [0, 0.1) is 18.3 Å². The molecule has 3 aliphatic rings. The van der Waals surface area contributed by atoms with Crippen LogP contribution in [-0.2, 0) is 18.3 Å². The molecule has 4 rings (SSSR count). The Morgan fingerprint density at radius 3 is 2.60 bits per heavy atom. The molecule has 0 aromatic carbocycles. The average molecular weight is 347 g/mol. The molecule has 0 bridgehead atoms. The van der Waals surface area contributed by atoms with E-state index < -0.39 is 0 Å². The van der Waals surface area contributed by atoms with E-state index in [1.807, 2.05) is 11.8 Å². The number of hydrogen-bond donors (Lipinski definition) is 0. The summed E-state index contributed by atoms with van der Waals surface area (Å²) in [4.78, 5) is 5.42. The van der Waals surface area contributed by atoms with Gasteiger partial charge in [-0.05, 0) is 57.2 Å². The Morgan fingerprint density at radius 1 is 1.28 bits per heavy atom. The van der Waals surface area contributed by atoms with Crippen molar-refractivity contribution in [1.29, 1.82) is 0 Å². The first-order chi connectivity index (χ1) is 12.1. The normalized spacial score (nSPS) is 27.9. The summed E-state index contributed by atoms with van der Waals surface area (Å²) in [6.07, 6.45) is 6.91. The fraction of sp³-hybridized carbons (Fsp3) is 0.850. The number of hydrogen-bond acceptors (Lipinski definition) is 4. The highest BCUT2D eigenvalue weighted by atomic mass is 16.5. The highest BCUT2D eigenvalue weighted by Gasteiger charge is 2.49. The van der Waals surface area contributed by atoms with E-state index in [1.54, 1.807) is 0 Å². The second kappa shape index (κ2) is 7.01. The lowest BCUT2D eigenvalue weighted by Gasteiger charge is -2.43. The molecule has 25 heavy (non-hydrogen) atoms. The largest absolute Gasteiger partial charge is 0.384 e. The Morgan fingerprint density at radius 2 is 2.04 bits per heavy atom. The number of rotatable bonds is 5. The summed E-state index contributed by atoms with van der Waals surface area (Å²) in [5.74, 6) is 0.721. The summed E-state index contributed by atoms with van der Waals surface area (Å²) in [7, 11) is 3.94. The van der Waals surface area contributed by atoms with Crippen molar-refractivity contribution in [3.63, 3.8) is 0 Å². The van der Waals surface area contributed by atoms with Gasteiger partial charge in [0.15, 0.2) is 0 Å². The maximum absolute atomic E-state index is 5.62. The van der Waals surface area contributed by atoms with Crippen LogP contribution in [0.15, 0.2) is 6.07 Å². The number of likely N-dealkylation sites (tertiary alicyclic amines) is 2. The highest BCUT2D eigenvalue weighted by Crippen LogP contribution is 2.47. The van der Waals surface area contributed by atoms with Crippen molar-refractivity contribution in [3.8, 4) is 0 Å². The minimum absolute atomic E-state index is 0.491. The molecule has 3 fully saturated rings. The molecular formula is C20H34N4O. The number of ether oxygens (including phenoxy) is 1. The molecule has 0 radical (unpaired) electrons. The molecule has 5 heteroatoms. The van der Waals surface area contributed by atoms with Gasteiger partial charge in [0, 0.05) is 45.8 Å². The first-order valence-electron chi connectivity index (χ1n) is 10.0. The van der Waals surface area contributed by atoms with E-state index in [1.165, 1.54) is 64.0 Å². The van der Waals surface area contributed by atoms with E-state index in [0.29, 0.717) is 5.41 Å². The van der Waals surface area contributed by atoms with Gasteiger partial charge in [-0.25, -0.2) is 0 Å². The zero-order valence-corrected chi connectivity index (χ0v) is 16.2. The molecular weight excluding hydrogens is 312 g/mol. The summed E-state index contributed by atoms with van der Waals surface area (Å²) in [5, 5.41) is 4.50. The number of nitrogens with zero attached hydrogens (tertiary/aromatic N) is 4. The second-order valence-electron chi connectivity index (χ2n) is 8.71. The van der Waals surface area contributed by atoms with Crippen molar-refractivity contribution in [3.05, 3.63) is 17.5 Å². The summed E-state index contributed by atoms with van der Waals surface area (Å²) < 4.78 is 7.67. The van der Waals surface area contributed by atoms with Crippen LogP contribution in [0.3, 0.4) is 0 Å². The predicted octanol–water partition coefficient (Wildman–Crippen LogP) is 2.44. The lowest BCUT2D eigenvalue weighted by Crippen LogP contribution is -2.46. The van der Waals surface area contributed by atoms with Crippen LogP contribution < -0.4 is 0 Å². The lowest BCUT2D eigenvalue weighted by atomic mass is 9.71. The average Bonchev–Trinajstić information content (AvgIpc) is 3.01. The van der Waals surface area contributed by atoms with Gasteiger partial charge in [-0.3, -0.25) is 14.5 Å². The van der Waals surface area contributed by atoms with E-state index in [4.69, 9.17) is 4.74 Å². The molecule has 140 valence electrons. The third-order valence-electron chi connectivity index (χ3n) is 7.13. The predicted molar refractivity (Wildman–Crippen MR) is 99.5 cm³/mol. The van der Waals surface area contributed by atoms with Crippen LogP contribution in [0.25, 0.3) is 0 Å². The SMILES string of the molecule is COCC1CN(C2CCC2)CC12CCN(Cc1cc(C)nn1C)CC2. The molecule has 0 N–H and O–H groups in total. The van der Waals surface area contributed by atoms with E-state index >= 15 is 0 Å². The first-order valence-corrected chi connectivity index (χ1v) is 10.0. The molecule has 1 unspecified atom stereocenters. The number of methoxy groups -OCH3 is 1. The van der Waals surface area contributed by atoms with Crippen molar-refractivity contribution in [2.75, 3.05) is 39.9 Å². The third-order valence-corrected chi connectivity index (χ3v) is 7.13. The van der Waals surface area contributed by atoms with Crippen molar-refractivity contribution >= 4 is 0 Å². The van der Waals surface area contributed by atoms with Crippen molar-refractivity contribution in [2.45, 2.75) is 51.6 Å². The smallest absolute Gasteiger partial charge is 0.0597 e. The summed E-state index contributed by atoms with van der Waals surface area (Å²) >= 11 is 0. The quantitative estimate of drug-likeness (QED) is 0.820. The molecule has 1 aromatic rings. The molecule has 1 spiro atoms. The fourth-order valence-corrected chi connectivity index (χ4v) is 5.30. The van der Waals surface area contributed by atoms with Gasteiger partial charge < -0.3 is 4.74 Å². The number of aromatic nitrogens is 2. The summed E-state index contributed by atoms with van der Waals surface area (Å²) in [6, 6.07) is 3.10. The van der Waals surface area contributed by atoms with E-state index in [-0.39, 0.29) is 0 Å². The van der Waals surface area contributed by atoms with E-state index in [9.17, 15) is 0 Å². The van der Waals surface area contributed by atoms with Gasteiger partial charge in [-0.15, -0.1) is 0 Å². The zero-order valence-electron chi connectivity index (χ0n) is 16.2. The van der Waals surface area contributed by atoms with E-state index in [2.05, 4.69) is 34.9 Å². The molecule has 2 saturated heterocycles. The Labute approximate surface area is 152 Å². The zero-order chi connectivity index (χ0) is 17.4. The molecule has 1 saturated carbocycles. The minimum atomic E-state index is 0.491.